The van der Waals surface area contributed by atoms with Crippen molar-refractivity contribution in [2.45, 2.75) is 51.4 Å². The molecule has 2 aliphatic rings. The van der Waals surface area contributed by atoms with Gasteiger partial charge in [0, 0.05) is 11.1 Å². The van der Waals surface area contributed by atoms with Crippen molar-refractivity contribution in [1.29, 1.82) is 0 Å². The number of aliphatic hydroxyl groups is 1. The number of fused-ring (bicyclic) bond motifs is 1. The highest BCUT2D eigenvalue weighted by molar-refractivity contribution is 5.76. The molecule has 1 saturated heterocycles. The van der Waals surface area contributed by atoms with Crippen molar-refractivity contribution in [1.82, 2.24) is 20.4 Å². The number of ether oxygens (including phenoxy) is 1. The molecule has 0 radical (unpaired) electrons. The van der Waals surface area contributed by atoms with E-state index in [1.807, 2.05) is 38.1 Å². The summed E-state index contributed by atoms with van der Waals surface area (Å²) in [5.74, 6) is 1.33. The molecule has 1 atom stereocenters. The Morgan fingerprint density at radius 2 is 2.14 bits per heavy atom. The highest BCUT2D eigenvalue weighted by Gasteiger charge is 2.32. The zero-order chi connectivity index (χ0) is 24.5. The molecule has 2 N–H and O–H groups in total. The van der Waals surface area contributed by atoms with Gasteiger partial charge in [-0.25, -0.2) is 9.64 Å². The van der Waals surface area contributed by atoms with Crippen LogP contribution >= 0.6 is 0 Å². The van der Waals surface area contributed by atoms with Gasteiger partial charge < -0.3 is 24.6 Å². The van der Waals surface area contributed by atoms with Gasteiger partial charge in [0.25, 0.3) is 5.89 Å². The summed E-state index contributed by atoms with van der Waals surface area (Å²) in [5, 5.41) is 16.8. The number of aliphatic hydroxyl groups excluding tert-OH is 1. The summed E-state index contributed by atoms with van der Waals surface area (Å²) in [4.78, 5) is 22.3. The van der Waals surface area contributed by atoms with Gasteiger partial charge in [-0.05, 0) is 62.4 Å². The first kappa shape index (κ1) is 22.9. The van der Waals surface area contributed by atoms with E-state index in [0.29, 0.717) is 41.8 Å². The minimum atomic E-state index is -0.428. The molecule has 0 bridgehead atoms. The summed E-state index contributed by atoms with van der Waals surface area (Å²) in [6.07, 6.45) is 2.16. The van der Waals surface area contributed by atoms with Gasteiger partial charge in [-0.15, -0.1) is 0 Å². The van der Waals surface area contributed by atoms with Crippen LogP contribution in [0.2, 0.25) is 0 Å². The van der Waals surface area contributed by atoms with E-state index in [-0.39, 0.29) is 18.2 Å². The van der Waals surface area contributed by atoms with Crippen molar-refractivity contribution in [3.05, 3.63) is 58.9 Å². The molecule has 1 aliphatic carbocycles. The van der Waals surface area contributed by atoms with Gasteiger partial charge in [0.15, 0.2) is 0 Å². The Balaban J connectivity index is 1.40. The number of hydrogen-bond donors (Lipinski definition) is 2. The fourth-order valence-corrected chi connectivity index (χ4v) is 4.61. The minimum Gasteiger partial charge on any atom is -0.502 e. The number of carbonyl (C=O) groups is 1. The quantitative estimate of drug-likeness (QED) is 0.529. The van der Waals surface area contributed by atoms with Gasteiger partial charge in [0.2, 0.25) is 11.5 Å². The van der Waals surface area contributed by atoms with E-state index in [9.17, 15) is 9.90 Å². The van der Waals surface area contributed by atoms with E-state index in [2.05, 4.69) is 20.3 Å². The summed E-state index contributed by atoms with van der Waals surface area (Å²) in [5.41, 5.74) is 4.07. The van der Waals surface area contributed by atoms with E-state index < -0.39 is 6.10 Å². The molecular weight excluding hydrogens is 446 g/mol. The Kier molecular flexibility index (Phi) is 6.14. The number of rotatable bonds is 5. The lowest BCUT2D eigenvalue weighted by Gasteiger charge is -2.37. The molecule has 1 aliphatic heterocycles. The van der Waals surface area contributed by atoms with E-state index >= 15 is 0 Å². The number of carbonyl (C=O) groups excluding carboxylic acids is 1. The molecule has 5 rings (SSSR count). The maximum Gasteiger partial charge on any atom is 0.318 e. The lowest BCUT2D eigenvalue weighted by atomic mass is 9.84. The molecule has 1 fully saturated rings. The van der Waals surface area contributed by atoms with E-state index in [1.54, 1.807) is 17.0 Å². The maximum absolute atomic E-state index is 12.5. The molecule has 35 heavy (non-hydrogen) atoms. The Morgan fingerprint density at radius 1 is 1.31 bits per heavy atom. The van der Waals surface area contributed by atoms with Crippen LogP contribution in [0.4, 0.5) is 10.5 Å². The van der Waals surface area contributed by atoms with Crippen LogP contribution in [-0.2, 0) is 6.42 Å². The van der Waals surface area contributed by atoms with Crippen LogP contribution in [0.3, 0.4) is 0 Å². The number of amides is 2. The minimum absolute atomic E-state index is 0.0354. The Labute approximate surface area is 203 Å². The molecule has 0 spiro atoms. The molecule has 2 aromatic carbocycles. The summed E-state index contributed by atoms with van der Waals surface area (Å²) >= 11 is 0. The van der Waals surface area contributed by atoms with Crippen LogP contribution in [-0.4, -0.2) is 51.5 Å². The molecule has 180 valence electrons. The Morgan fingerprint density at radius 3 is 2.89 bits per heavy atom. The topological polar surface area (TPSA) is 105 Å². The smallest absolute Gasteiger partial charge is 0.318 e. The lowest BCUT2D eigenvalue weighted by Crippen LogP contribution is -2.57. The Hall–Kier alpha value is -3.90. The number of likely N-dealkylation sites (tertiary alicyclic amines) is 1. The zero-order valence-corrected chi connectivity index (χ0v) is 19.7. The van der Waals surface area contributed by atoms with Crippen molar-refractivity contribution < 1.29 is 19.2 Å². The third-order valence-corrected chi connectivity index (χ3v) is 6.31. The SMILES string of the molecule is [C-]#[N+]c1cc(-c2nc(-c3cccc4c3CCC[C@@H]4NC(=O)N3CC(O)C3)no2)ccc1OC(C)C. The monoisotopic (exact) mass is 473 g/mol. The number of urea groups is 1. The average molecular weight is 474 g/mol. The molecule has 9 nitrogen and oxygen atoms in total. The normalized spacial score (nSPS) is 17.5. The first-order chi connectivity index (χ1) is 16.9. The fourth-order valence-electron chi connectivity index (χ4n) is 4.61. The van der Waals surface area contributed by atoms with Crippen LogP contribution in [0.5, 0.6) is 5.75 Å². The fraction of sp³-hybridized carbons (Fsp3) is 0.385. The third kappa shape index (κ3) is 4.57. The highest BCUT2D eigenvalue weighted by atomic mass is 16.5. The second kappa shape index (κ2) is 9.39. The van der Waals surface area contributed by atoms with Crippen molar-refractivity contribution in [3.63, 3.8) is 0 Å². The largest absolute Gasteiger partial charge is 0.502 e. The molecular formula is C26H27N5O4. The number of nitrogens with one attached hydrogen (secondary N) is 1. The van der Waals surface area contributed by atoms with Gasteiger partial charge in [-0.2, -0.15) is 4.98 Å². The average Bonchev–Trinajstić information content (AvgIpc) is 3.32. The Bertz CT molecular complexity index is 1290. The van der Waals surface area contributed by atoms with Gasteiger partial charge in [0.1, 0.15) is 5.75 Å². The van der Waals surface area contributed by atoms with Gasteiger partial charge in [-0.1, -0.05) is 23.4 Å². The van der Waals surface area contributed by atoms with E-state index in [1.165, 1.54) is 0 Å². The van der Waals surface area contributed by atoms with Crippen molar-refractivity contribution in [2.75, 3.05) is 13.1 Å². The molecule has 2 amide bonds. The van der Waals surface area contributed by atoms with Crippen LogP contribution in [0.15, 0.2) is 40.9 Å². The van der Waals surface area contributed by atoms with Crippen LogP contribution in [0, 0.1) is 6.57 Å². The summed E-state index contributed by atoms with van der Waals surface area (Å²) in [6, 6.07) is 10.9. The summed E-state index contributed by atoms with van der Waals surface area (Å²) in [7, 11) is 0. The second-order valence-corrected chi connectivity index (χ2v) is 9.21. The third-order valence-electron chi connectivity index (χ3n) is 6.31. The summed E-state index contributed by atoms with van der Waals surface area (Å²) < 4.78 is 11.3. The number of benzene rings is 2. The maximum atomic E-state index is 12.5. The predicted octanol–water partition coefficient (Wildman–Crippen LogP) is 4.51. The van der Waals surface area contributed by atoms with Crippen LogP contribution < -0.4 is 10.1 Å². The number of aromatic nitrogens is 2. The van der Waals surface area contributed by atoms with Crippen LogP contribution in [0.1, 0.15) is 43.9 Å². The molecule has 2 heterocycles. The molecule has 0 saturated carbocycles. The van der Waals surface area contributed by atoms with Crippen molar-refractivity contribution >= 4 is 11.7 Å². The van der Waals surface area contributed by atoms with Gasteiger partial charge in [-0.3, -0.25) is 0 Å². The van der Waals surface area contributed by atoms with Gasteiger partial charge >= 0.3 is 6.03 Å². The summed E-state index contributed by atoms with van der Waals surface area (Å²) in [6.45, 7) is 12.1. The van der Waals surface area contributed by atoms with Crippen molar-refractivity contribution in [3.8, 4) is 28.6 Å². The molecule has 9 heteroatoms. The first-order valence-corrected chi connectivity index (χ1v) is 11.8. The van der Waals surface area contributed by atoms with Crippen molar-refractivity contribution in [2.24, 2.45) is 0 Å². The molecule has 3 aromatic rings. The predicted molar refractivity (Wildman–Crippen MR) is 129 cm³/mol. The lowest BCUT2D eigenvalue weighted by molar-refractivity contribution is 0.0256. The first-order valence-electron chi connectivity index (χ1n) is 11.8. The number of nitrogens with zero attached hydrogens (tertiary/aromatic N) is 4. The number of hydrogen-bond acceptors (Lipinski definition) is 6. The van der Waals surface area contributed by atoms with E-state index in [4.69, 9.17) is 15.8 Å². The van der Waals surface area contributed by atoms with E-state index in [0.717, 1.165) is 36.0 Å². The molecule has 1 aromatic heterocycles. The highest BCUT2D eigenvalue weighted by Crippen LogP contribution is 2.37. The molecule has 0 unspecified atom stereocenters. The second-order valence-electron chi connectivity index (χ2n) is 9.21. The number of β-amino-alcohol motifs (C(OH)–C–C–N with tert-alkyl or cyclic N) is 1. The standard InChI is InChI=1S/C26H27N5O4/c1-15(2)34-23-11-10-16(12-22(23)27-3)25-29-24(30-35-25)20-8-4-7-19-18(20)6-5-9-21(19)28-26(33)31-13-17(32)14-31/h4,7-8,10-12,15,17,21,32H,5-6,9,13-14H2,1-2H3,(H,28,33)/t21-/m0/s1. The van der Waals surface area contributed by atoms with Gasteiger partial charge in [0.05, 0.1) is 37.9 Å². The van der Waals surface area contributed by atoms with Crippen LogP contribution in [0.25, 0.3) is 27.7 Å². The zero-order valence-electron chi connectivity index (χ0n) is 19.7.